The van der Waals surface area contributed by atoms with E-state index in [-0.39, 0.29) is 36.5 Å². The summed E-state index contributed by atoms with van der Waals surface area (Å²) in [5.41, 5.74) is 0.892. The zero-order valence-electron chi connectivity index (χ0n) is 26.7. The molecular formula is C32H38F6N6O4. The predicted molar refractivity (Wildman–Crippen MR) is 163 cm³/mol. The molecule has 0 saturated heterocycles. The molecule has 1 atom stereocenters. The highest BCUT2D eigenvalue weighted by Gasteiger charge is 2.38. The third-order valence-electron chi connectivity index (χ3n) is 8.86. The number of aliphatic carboxylic acids is 1. The van der Waals surface area contributed by atoms with Crippen molar-refractivity contribution in [1.82, 2.24) is 20.2 Å². The minimum atomic E-state index is -4.97. The van der Waals surface area contributed by atoms with Gasteiger partial charge in [0.25, 0.3) is 12.4 Å². The Morgan fingerprint density at radius 2 is 1.58 bits per heavy atom. The summed E-state index contributed by atoms with van der Waals surface area (Å²) >= 11 is 0. The Labute approximate surface area is 273 Å². The number of halogens is 6. The smallest absolute Gasteiger partial charge is 0.416 e. The third-order valence-corrected chi connectivity index (χ3v) is 8.86. The highest BCUT2D eigenvalue weighted by atomic mass is 19.4. The molecule has 10 nitrogen and oxygen atoms in total. The molecule has 0 amide bonds. The average Bonchev–Trinajstić information content (AvgIpc) is 3.34. The first-order valence-electron chi connectivity index (χ1n) is 15.5. The van der Waals surface area contributed by atoms with Crippen molar-refractivity contribution in [2.24, 2.45) is 18.9 Å². The second kappa shape index (κ2) is 14.8. The maximum atomic E-state index is 13.7. The number of alkyl halides is 6. The molecule has 0 spiro atoms. The van der Waals surface area contributed by atoms with Crippen molar-refractivity contribution in [3.05, 3.63) is 63.7 Å². The summed E-state index contributed by atoms with van der Waals surface area (Å²) in [5.74, 6) is -0.690. The normalized spacial score (nSPS) is 19.9. The standard InChI is InChI=1S/C31H36F6N6O2.CH2O2/c1-18-11-19(2)27-25(12-18)26(5-4-10-42(27)16-20-6-8-22(9-7-20)28(44)45)43(29-38-40-41(3)39-29)17-21-13-23(30(32,33)34)15-24(14-21)31(35,36)37;2-1-3/h11-15,20,22,26H,4-10,16-17H2,1-3H3,(H,44,45);1H,(H,2,3)/t20?,22?,26-;/m0./s1. The van der Waals surface area contributed by atoms with E-state index >= 15 is 0 Å². The fourth-order valence-corrected chi connectivity index (χ4v) is 6.85. The second-order valence-electron chi connectivity index (χ2n) is 12.4. The Morgan fingerprint density at radius 3 is 2.10 bits per heavy atom. The highest BCUT2D eigenvalue weighted by Crippen LogP contribution is 2.43. The van der Waals surface area contributed by atoms with Crippen LogP contribution in [0.1, 0.15) is 77.9 Å². The van der Waals surface area contributed by atoms with Crippen LogP contribution in [0.4, 0.5) is 38.0 Å². The molecule has 0 radical (unpaired) electrons. The first-order valence-corrected chi connectivity index (χ1v) is 15.5. The van der Waals surface area contributed by atoms with Crippen LogP contribution < -0.4 is 9.80 Å². The van der Waals surface area contributed by atoms with Gasteiger partial charge >= 0.3 is 18.3 Å². The molecule has 1 saturated carbocycles. The number of hydrogen-bond donors (Lipinski definition) is 2. The van der Waals surface area contributed by atoms with Crippen molar-refractivity contribution >= 4 is 24.1 Å². The van der Waals surface area contributed by atoms with E-state index in [1.165, 1.54) is 11.8 Å². The van der Waals surface area contributed by atoms with Crippen molar-refractivity contribution in [3.63, 3.8) is 0 Å². The fourth-order valence-electron chi connectivity index (χ4n) is 6.85. The van der Waals surface area contributed by atoms with Crippen molar-refractivity contribution in [2.75, 3.05) is 22.9 Å². The zero-order valence-corrected chi connectivity index (χ0v) is 26.7. The van der Waals surface area contributed by atoms with E-state index in [1.54, 1.807) is 4.90 Å². The number of aryl methyl sites for hydroxylation is 3. The predicted octanol–water partition coefficient (Wildman–Crippen LogP) is 6.80. The Hall–Kier alpha value is -4.37. The summed E-state index contributed by atoms with van der Waals surface area (Å²) in [4.78, 5) is 25.0. The number of rotatable bonds is 7. The van der Waals surface area contributed by atoms with Gasteiger partial charge in [0.2, 0.25) is 0 Å². The Kier molecular flexibility index (Phi) is 11.3. The number of carboxylic acid groups (broad SMARTS) is 2. The van der Waals surface area contributed by atoms with Crippen LogP contribution in [0.25, 0.3) is 0 Å². The molecule has 2 N–H and O–H groups in total. The van der Waals surface area contributed by atoms with Gasteiger partial charge in [0.1, 0.15) is 0 Å². The highest BCUT2D eigenvalue weighted by molar-refractivity contribution is 5.70. The molecule has 0 bridgehead atoms. The molecule has 2 heterocycles. The molecule has 2 aliphatic rings. The minimum absolute atomic E-state index is 0.0963. The first-order chi connectivity index (χ1) is 22.5. The van der Waals surface area contributed by atoms with Gasteiger partial charge in [-0.15, -0.1) is 5.10 Å². The van der Waals surface area contributed by atoms with Crippen molar-refractivity contribution in [2.45, 2.75) is 77.3 Å². The molecule has 1 aliphatic heterocycles. The van der Waals surface area contributed by atoms with E-state index in [0.29, 0.717) is 38.1 Å². The Morgan fingerprint density at radius 1 is 0.979 bits per heavy atom. The summed E-state index contributed by atoms with van der Waals surface area (Å²) in [5, 5.41) is 28.7. The number of tetrazole rings is 1. The van der Waals surface area contributed by atoms with Gasteiger partial charge in [-0.2, -0.15) is 31.1 Å². The summed E-state index contributed by atoms with van der Waals surface area (Å²) in [6.45, 7) is 4.79. The van der Waals surface area contributed by atoms with E-state index in [2.05, 4.69) is 26.4 Å². The molecule has 1 aromatic heterocycles. The number of benzene rings is 2. The van der Waals surface area contributed by atoms with Crippen LogP contribution in [0, 0.1) is 25.7 Å². The lowest BCUT2D eigenvalue weighted by atomic mass is 9.81. The van der Waals surface area contributed by atoms with E-state index in [1.807, 2.05) is 19.9 Å². The topological polar surface area (TPSA) is 125 Å². The van der Waals surface area contributed by atoms with Crippen molar-refractivity contribution in [1.29, 1.82) is 0 Å². The van der Waals surface area contributed by atoms with Crippen LogP contribution >= 0.6 is 0 Å². The molecule has 3 aromatic rings. The second-order valence-corrected chi connectivity index (χ2v) is 12.4. The van der Waals surface area contributed by atoms with Crippen LogP contribution in [-0.2, 0) is 35.5 Å². The van der Waals surface area contributed by atoms with E-state index < -0.39 is 35.5 Å². The molecule has 1 fully saturated rings. The third kappa shape index (κ3) is 8.75. The number of carbonyl (C=O) groups is 2. The molecule has 16 heteroatoms. The minimum Gasteiger partial charge on any atom is -0.483 e. The summed E-state index contributed by atoms with van der Waals surface area (Å²) in [6.07, 6.45) is -5.87. The molecular weight excluding hydrogens is 646 g/mol. The number of aromatic nitrogens is 4. The maximum absolute atomic E-state index is 13.7. The van der Waals surface area contributed by atoms with Gasteiger partial charge < -0.3 is 20.0 Å². The Bertz CT molecular complexity index is 1550. The SMILES string of the molecule is Cc1cc(C)c2c(c1)[C@@H](N(Cc1cc(C(F)(F)F)cc(C(F)(F)F)c1)c1nnn(C)n1)CCCN2CC1CCC(C(=O)O)CC1.O=CO. The fraction of sp³-hybridized carbons (Fsp3) is 0.531. The van der Waals surface area contributed by atoms with Crippen molar-refractivity contribution in [3.8, 4) is 0 Å². The summed E-state index contributed by atoms with van der Waals surface area (Å²) in [7, 11) is 1.54. The van der Waals surface area contributed by atoms with Gasteiger partial charge in [-0.3, -0.25) is 9.59 Å². The lowest BCUT2D eigenvalue weighted by Crippen LogP contribution is -2.34. The zero-order chi connectivity index (χ0) is 35.4. The maximum Gasteiger partial charge on any atom is 0.416 e. The van der Waals surface area contributed by atoms with Gasteiger partial charge in [0.05, 0.1) is 30.1 Å². The monoisotopic (exact) mass is 684 g/mol. The van der Waals surface area contributed by atoms with Crippen LogP contribution in [-0.4, -0.2) is 56.0 Å². The van der Waals surface area contributed by atoms with Gasteiger partial charge in [0.15, 0.2) is 0 Å². The largest absolute Gasteiger partial charge is 0.483 e. The summed E-state index contributed by atoms with van der Waals surface area (Å²) < 4.78 is 82.4. The summed E-state index contributed by atoms with van der Waals surface area (Å²) in [6, 6.07) is 5.23. The molecule has 262 valence electrons. The molecule has 1 aliphatic carbocycles. The number of hydrogen-bond acceptors (Lipinski definition) is 7. The van der Waals surface area contributed by atoms with Crippen LogP contribution in [0.15, 0.2) is 30.3 Å². The van der Waals surface area contributed by atoms with Gasteiger partial charge in [-0.25, -0.2) is 0 Å². The lowest BCUT2D eigenvalue weighted by Gasteiger charge is -2.36. The average molecular weight is 685 g/mol. The van der Waals surface area contributed by atoms with Crippen molar-refractivity contribution < 1.29 is 46.1 Å². The molecule has 2 aromatic carbocycles. The first kappa shape index (κ1) is 36.5. The van der Waals surface area contributed by atoms with Gasteiger partial charge in [0, 0.05) is 25.3 Å². The van der Waals surface area contributed by atoms with E-state index in [4.69, 9.17) is 9.90 Å². The van der Waals surface area contributed by atoms with Gasteiger partial charge in [-0.05, 0) is 98.4 Å². The number of carboxylic acids is 1. The molecule has 48 heavy (non-hydrogen) atoms. The van der Waals surface area contributed by atoms with Gasteiger partial charge in [-0.1, -0.05) is 22.8 Å². The van der Waals surface area contributed by atoms with E-state index in [0.717, 1.165) is 53.9 Å². The number of nitrogens with zero attached hydrogens (tertiary/aromatic N) is 6. The molecule has 0 unspecified atom stereocenters. The Balaban J connectivity index is 0.00000167. The lowest BCUT2D eigenvalue weighted by molar-refractivity contribution is -0.144. The quantitative estimate of drug-likeness (QED) is 0.204. The number of anilines is 2. The van der Waals surface area contributed by atoms with Crippen LogP contribution in [0.2, 0.25) is 0 Å². The van der Waals surface area contributed by atoms with E-state index in [9.17, 15) is 36.2 Å². The van der Waals surface area contributed by atoms with Crippen LogP contribution in [0.5, 0.6) is 0 Å². The van der Waals surface area contributed by atoms with Crippen LogP contribution in [0.3, 0.4) is 0 Å². The number of fused-ring (bicyclic) bond motifs is 1. The molecule has 5 rings (SSSR count).